The lowest BCUT2D eigenvalue weighted by molar-refractivity contribution is 0.0686. The number of H-pyrrole nitrogens is 2. The van der Waals surface area contributed by atoms with Gasteiger partial charge >= 0.3 is 11.9 Å². The molecule has 41 heavy (non-hydrogen) atoms. The van der Waals surface area contributed by atoms with E-state index in [2.05, 4.69) is 26.6 Å². The van der Waals surface area contributed by atoms with Gasteiger partial charge in [-0.2, -0.15) is 0 Å². The van der Waals surface area contributed by atoms with Crippen LogP contribution in [-0.2, 0) is 0 Å². The van der Waals surface area contributed by atoms with Gasteiger partial charge in [-0.05, 0) is 60.7 Å². The number of carboxylic acids is 2. The van der Waals surface area contributed by atoms with Gasteiger partial charge in [0.1, 0.15) is 11.4 Å². The van der Waals surface area contributed by atoms with Gasteiger partial charge in [0.2, 0.25) is 0 Å². The fraction of sp³-hybridized carbons (Fsp3) is 0.0741. The number of hydrogen-bond donors (Lipinski definition) is 6. The van der Waals surface area contributed by atoms with Gasteiger partial charge in [-0.25, -0.2) is 19.0 Å². The third-order valence-corrected chi connectivity index (χ3v) is 5.96. The lowest BCUT2D eigenvalue weighted by Crippen LogP contribution is -2.20. The number of hydrogen-bond acceptors (Lipinski definition) is 6. The maximum atomic E-state index is 13.2. The SMILES string of the molecule is CNC(=O)c1[nH]n(-c2ccc(C(=O)O)cc2)c(=O)c1C=C=Cc1c(C(=O)NC)[nH]n(-c2ccc(C(=O)O)cc2)c1=O. The summed E-state index contributed by atoms with van der Waals surface area (Å²) < 4.78 is 2.09. The molecule has 0 radical (unpaired) electrons. The molecule has 0 saturated heterocycles. The van der Waals surface area contributed by atoms with Crippen molar-refractivity contribution in [2.45, 2.75) is 0 Å². The van der Waals surface area contributed by atoms with Crippen LogP contribution in [0.4, 0.5) is 0 Å². The number of carbonyl (C=O) groups excluding carboxylic acids is 2. The fourth-order valence-corrected chi connectivity index (χ4v) is 3.84. The van der Waals surface area contributed by atoms with Crippen LogP contribution in [0.2, 0.25) is 0 Å². The van der Waals surface area contributed by atoms with Crippen LogP contribution in [0.3, 0.4) is 0 Å². The van der Waals surface area contributed by atoms with E-state index in [1.54, 1.807) is 0 Å². The minimum atomic E-state index is -1.15. The molecule has 2 aromatic carbocycles. The summed E-state index contributed by atoms with van der Waals surface area (Å²) in [6, 6.07) is 10.7. The van der Waals surface area contributed by atoms with Gasteiger partial charge in [0.25, 0.3) is 22.9 Å². The van der Waals surface area contributed by atoms with Gasteiger partial charge in [-0.1, -0.05) is 0 Å². The monoisotopic (exact) mass is 558 g/mol. The van der Waals surface area contributed by atoms with Crippen molar-refractivity contribution in [3.05, 3.63) is 109 Å². The second-order valence-electron chi connectivity index (χ2n) is 8.40. The van der Waals surface area contributed by atoms with E-state index in [4.69, 9.17) is 10.2 Å². The molecule has 14 nitrogen and oxygen atoms in total. The standard InChI is InChI=1S/C27H22N6O8/c1-28-22(34)20-18(24(36)32(30-20)16-10-6-14(7-11-16)26(38)39)4-3-5-19-21(23(35)29-2)31-33(25(19)37)17-12-8-15(9-13-17)27(40)41/h4-13,30-31H,1-2H3,(H,28,34)(H,29,35)(H,38,39)(H,40,41). The molecule has 208 valence electrons. The minimum Gasteiger partial charge on any atom is -0.478 e. The van der Waals surface area contributed by atoms with Crippen molar-refractivity contribution in [1.29, 1.82) is 0 Å². The molecule has 2 aromatic heterocycles. The van der Waals surface area contributed by atoms with Crippen LogP contribution in [0, 0.1) is 0 Å². The first-order valence-electron chi connectivity index (χ1n) is 11.8. The second-order valence-corrected chi connectivity index (χ2v) is 8.40. The summed E-state index contributed by atoms with van der Waals surface area (Å²) in [5, 5.41) is 28.4. The van der Waals surface area contributed by atoms with E-state index in [0.29, 0.717) is 0 Å². The Bertz CT molecular complexity index is 1730. The molecule has 0 unspecified atom stereocenters. The molecule has 0 fully saturated rings. The van der Waals surface area contributed by atoms with Crippen molar-refractivity contribution in [2.24, 2.45) is 0 Å². The molecule has 6 N–H and O–H groups in total. The minimum absolute atomic E-state index is 0.00448. The first-order valence-corrected chi connectivity index (χ1v) is 11.8. The number of nitrogens with one attached hydrogen (secondary N) is 4. The Morgan fingerprint density at radius 1 is 0.683 bits per heavy atom. The second kappa shape index (κ2) is 11.3. The normalized spacial score (nSPS) is 10.4. The third-order valence-electron chi connectivity index (χ3n) is 5.96. The van der Waals surface area contributed by atoms with Gasteiger partial charge in [-0.3, -0.25) is 29.4 Å². The highest BCUT2D eigenvalue weighted by atomic mass is 16.4. The maximum absolute atomic E-state index is 13.2. The first-order chi connectivity index (χ1) is 19.6. The van der Waals surface area contributed by atoms with Crippen molar-refractivity contribution < 1.29 is 29.4 Å². The topological polar surface area (TPSA) is 208 Å². The number of aromatic amines is 2. The number of carboxylic acid groups (broad SMARTS) is 2. The third kappa shape index (κ3) is 5.39. The van der Waals surface area contributed by atoms with Crippen molar-refractivity contribution in [3.63, 3.8) is 0 Å². The van der Waals surface area contributed by atoms with E-state index in [9.17, 15) is 28.8 Å². The van der Waals surface area contributed by atoms with Crippen molar-refractivity contribution >= 4 is 35.9 Å². The zero-order valence-corrected chi connectivity index (χ0v) is 21.5. The van der Waals surface area contributed by atoms with Gasteiger partial charge in [0.15, 0.2) is 0 Å². The molecule has 0 aliphatic carbocycles. The van der Waals surface area contributed by atoms with Crippen LogP contribution in [0.1, 0.15) is 52.8 Å². The zero-order valence-electron chi connectivity index (χ0n) is 21.5. The average Bonchev–Trinajstić information content (AvgIpc) is 3.48. The number of nitrogens with zero attached hydrogens (tertiary/aromatic N) is 2. The highest BCUT2D eigenvalue weighted by molar-refractivity contribution is 5.97. The Hall–Kier alpha value is -6.14. The largest absolute Gasteiger partial charge is 0.478 e. The molecule has 4 aromatic rings. The van der Waals surface area contributed by atoms with E-state index >= 15 is 0 Å². The Labute approximate surface area is 229 Å². The number of aromatic carboxylic acids is 2. The Kier molecular flexibility index (Phi) is 7.69. The molecular formula is C27H22N6O8. The summed E-state index contributed by atoms with van der Waals surface area (Å²) in [5.74, 6) is -3.55. The van der Waals surface area contributed by atoms with E-state index in [1.807, 2.05) is 0 Å². The summed E-state index contributed by atoms with van der Waals surface area (Å²) >= 11 is 0. The van der Waals surface area contributed by atoms with Gasteiger partial charge in [0, 0.05) is 14.1 Å². The van der Waals surface area contributed by atoms with Crippen LogP contribution >= 0.6 is 0 Å². The van der Waals surface area contributed by atoms with Crippen LogP contribution in [0.5, 0.6) is 0 Å². The summed E-state index contributed by atoms with van der Waals surface area (Å²) in [5.41, 5.74) is 1.39. The number of carbonyl (C=O) groups is 4. The summed E-state index contributed by atoms with van der Waals surface area (Å²) in [6.07, 6.45) is 2.33. The molecule has 0 atom stereocenters. The molecule has 2 amide bonds. The predicted molar refractivity (Wildman–Crippen MR) is 146 cm³/mol. The zero-order chi connectivity index (χ0) is 29.8. The van der Waals surface area contributed by atoms with Gasteiger partial charge in [0.05, 0.1) is 33.6 Å². The molecule has 14 heteroatoms. The van der Waals surface area contributed by atoms with Crippen molar-refractivity contribution in [3.8, 4) is 11.4 Å². The van der Waals surface area contributed by atoms with Crippen LogP contribution < -0.4 is 21.8 Å². The Morgan fingerprint density at radius 3 is 1.32 bits per heavy atom. The number of benzene rings is 2. The average molecular weight is 559 g/mol. The summed E-state index contributed by atoms with van der Waals surface area (Å²) in [6.45, 7) is 0. The van der Waals surface area contributed by atoms with E-state index < -0.39 is 34.9 Å². The highest BCUT2D eigenvalue weighted by Crippen LogP contribution is 2.13. The lowest BCUT2D eigenvalue weighted by Gasteiger charge is -2.02. The van der Waals surface area contributed by atoms with E-state index in [0.717, 1.165) is 21.5 Å². The molecule has 2 heterocycles. The Balaban J connectivity index is 1.81. The van der Waals surface area contributed by atoms with E-state index in [1.165, 1.54) is 62.6 Å². The maximum Gasteiger partial charge on any atom is 0.335 e. The van der Waals surface area contributed by atoms with E-state index in [-0.39, 0.29) is 45.0 Å². The molecule has 0 saturated carbocycles. The predicted octanol–water partition coefficient (Wildman–Crippen LogP) is 1.09. The van der Waals surface area contributed by atoms with Crippen LogP contribution in [-0.4, -0.2) is 67.6 Å². The smallest absolute Gasteiger partial charge is 0.335 e. The molecule has 0 spiro atoms. The molecule has 0 bridgehead atoms. The summed E-state index contributed by atoms with van der Waals surface area (Å²) in [7, 11) is 2.73. The fourth-order valence-electron chi connectivity index (χ4n) is 3.84. The lowest BCUT2D eigenvalue weighted by atomic mass is 10.2. The van der Waals surface area contributed by atoms with Gasteiger partial charge < -0.3 is 20.8 Å². The highest BCUT2D eigenvalue weighted by Gasteiger charge is 2.20. The van der Waals surface area contributed by atoms with Gasteiger partial charge in [-0.15, -0.1) is 5.73 Å². The molecule has 4 rings (SSSR count). The van der Waals surface area contributed by atoms with Crippen LogP contribution in [0.15, 0.2) is 63.9 Å². The molecule has 0 aliphatic rings. The van der Waals surface area contributed by atoms with Crippen LogP contribution in [0.25, 0.3) is 23.5 Å². The number of rotatable bonds is 8. The summed E-state index contributed by atoms with van der Waals surface area (Å²) in [4.78, 5) is 73.7. The van der Waals surface area contributed by atoms with Crippen molar-refractivity contribution in [2.75, 3.05) is 14.1 Å². The Morgan fingerprint density at radius 2 is 1.02 bits per heavy atom. The molecular weight excluding hydrogens is 536 g/mol. The quantitative estimate of drug-likeness (QED) is 0.172. The number of aromatic nitrogens is 4. The first kappa shape index (κ1) is 27.9. The van der Waals surface area contributed by atoms with Crippen molar-refractivity contribution in [1.82, 2.24) is 30.2 Å². The number of amides is 2. The molecule has 0 aliphatic heterocycles.